The Morgan fingerprint density at radius 1 is 0.710 bits per heavy atom. The van der Waals surface area contributed by atoms with Crippen LogP contribution in [-0.2, 0) is 7.05 Å². The molecule has 3 heterocycles. The van der Waals surface area contributed by atoms with Gasteiger partial charge in [0.15, 0.2) is 0 Å². The van der Waals surface area contributed by atoms with Crippen molar-refractivity contribution in [2.24, 2.45) is 7.05 Å². The van der Waals surface area contributed by atoms with Gasteiger partial charge in [-0.05, 0) is 43.5 Å². The van der Waals surface area contributed by atoms with E-state index in [9.17, 15) is 0 Å². The van der Waals surface area contributed by atoms with Crippen LogP contribution in [0.3, 0.4) is 0 Å². The smallest absolute Gasteiger partial charge is 0.232 e. The number of hydrogen-bond donors (Lipinski definition) is 0. The number of para-hydroxylation sites is 1. The maximum atomic E-state index is 2.37. The van der Waals surface area contributed by atoms with Gasteiger partial charge in [-0.25, -0.2) is 4.57 Å². The second kappa shape index (κ2) is 6.78. The van der Waals surface area contributed by atoms with Crippen molar-refractivity contribution in [1.82, 2.24) is 4.57 Å². The molecule has 0 saturated heterocycles. The van der Waals surface area contributed by atoms with E-state index in [-0.39, 0.29) is 0 Å². The topological polar surface area (TPSA) is 8.81 Å². The summed E-state index contributed by atoms with van der Waals surface area (Å²) in [4.78, 5) is 0. The number of aromatic nitrogens is 2. The van der Waals surface area contributed by atoms with E-state index < -0.39 is 0 Å². The average Bonchev–Trinajstić information content (AvgIpc) is 3.40. The summed E-state index contributed by atoms with van der Waals surface area (Å²) >= 11 is 3.86. The lowest BCUT2D eigenvalue weighted by atomic mass is 10.0. The molecule has 6 rings (SSSR count). The SMILES string of the molecule is Cc1cccc(C)c1-n1cc[n+](C)c1-c1c(C)ccc2c1sc1c3ccccc3sc21. The molecule has 3 aromatic heterocycles. The molecule has 0 N–H and O–H groups in total. The van der Waals surface area contributed by atoms with Crippen LogP contribution in [0.25, 0.3) is 46.6 Å². The van der Waals surface area contributed by atoms with E-state index in [2.05, 4.69) is 104 Å². The van der Waals surface area contributed by atoms with Crippen LogP contribution in [0.15, 0.2) is 67.0 Å². The van der Waals surface area contributed by atoms with Gasteiger partial charge in [-0.15, -0.1) is 22.7 Å². The van der Waals surface area contributed by atoms with Crippen LogP contribution >= 0.6 is 22.7 Å². The van der Waals surface area contributed by atoms with Crippen molar-refractivity contribution in [3.8, 4) is 17.1 Å². The molecule has 0 radical (unpaired) electrons. The first-order chi connectivity index (χ1) is 15.0. The van der Waals surface area contributed by atoms with Crippen molar-refractivity contribution >= 4 is 52.2 Å². The molecule has 6 aromatic rings. The first kappa shape index (κ1) is 18.8. The Kier molecular flexibility index (Phi) is 4.11. The minimum Gasteiger partial charge on any atom is -0.232 e. The summed E-state index contributed by atoms with van der Waals surface area (Å²) in [6.07, 6.45) is 4.37. The maximum Gasteiger partial charge on any atom is 0.295 e. The highest BCUT2D eigenvalue weighted by Crippen LogP contribution is 2.47. The monoisotopic (exact) mass is 439 g/mol. The highest BCUT2D eigenvalue weighted by atomic mass is 32.1. The minimum atomic E-state index is 1.23. The molecule has 0 saturated carbocycles. The van der Waals surface area contributed by atoms with Crippen molar-refractivity contribution in [2.45, 2.75) is 20.8 Å². The van der Waals surface area contributed by atoms with E-state index in [1.165, 1.54) is 63.3 Å². The highest BCUT2D eigenvalue weighted by Gasteiger charge is 2.27. The predicted octanol–water partition coefficient (Wildman–Crippen LogP) is 7.48. The molecule has 0 bridgehead atoms. The van der Waals surface area contributed by atoms with Crippen LogP contribution in [0.2, 0.25) is 0 Å². The van der Waals surface area contributed by atoms with Gasteiger partial charge in [0.05, 0.1) is 26.7 Å². The van der Waals surface area contributed by atoms with E-state index >= 15 is 0 Å². The molecule has 0 aliphatic rings. The second-order valence-electron chi connectivity index (χ2n) is 8.34. The normalized spacial score (nSPS) is 11.9. The Morgan fingerprint density at radius 3 is 2.26 bits per heavy atom. The molecule has 4 heteroatoms. The summed E-state index contributed by atoms with van der Waals surface area (Å²) in [6, 6.07) is 19.9. The molecule has 0 unspecified atom stereocenters. The Labute approximate surface area is 189 Å². The zero-order valence-corrected chi connectivity index (χ0v) is 19.7. The summed E-state index contributed by atoms with van der Waals surface area (Å²) in [7, 11) is 2.16. The van der Waals surface area contributed by atoms with Crippen LogP contribution in [0.1, 0.15) is 16.7 Å². The van der Waals surface area contributed by atoms with Crippen molar-refractivity contribution in [1.29, 1.82) is 0 Å². The lowest BCUT2D eigenvalue weighted by Gasteiger charge is -2.11. The number of imidazole rings is 1. The molecule has 0 fully saturated rings. The standard InChI is InChI=1S/C27H23N2S2/c1-16-12-13-20-24(31-25-19-10-5-6-11-21(19)30-26(20)25)22(16)27-28(4)14-15-29(27)23-17(2)8-7-9-18(23)3/h5-15H,1-4H3/q+1. The second-order valence-corrected chi connectivity index (χ2v) is 10.4. The summed E-state index contributed by atoms with van der Waals surface area (Å²) in [6.45, 7) is 6.64. The summed E-state index contributed by atoms with van der Waals surface area (Å²) in [5.74, 6) is 1.23. The van der Waals surface area contributed by atoms with Crippen LogP contribution in [0.5, 0.6) is 0 Å². The fraction of sp³-hybridized carbons (Fsp3) is 0.148. The van der Waals surface area contributed by atoms with E-state index in [4.69, 9.17) is 0 Å². The first-order valence-corrected chi connectivity index (χ1v) is 12.1. The molecule has 0 aliphatic heterocycles. The van der Waals surface area contributed by atoms with Crippen molar-refractivity contribution in [2.75, 3.05) is 0 Å². The summed E-state index contributed by atoms with van der Waals surface area (Å²) in [5.41, 5.74) is 6.51. The van der Waals surface area contributed by atoms with Gasteiger partial charge in [0.25, 0.3) is 5.82 Å². The lowest BCUT2D eigenvalue weighted by molar-refractivity contribution is -0.659. The molecule has 0 spiro atoms. The van der Waals surface area contributed by atoms with Crippen molar-refractivity contribution < 1.29 is 4.57 Å². The van der Waals surface area contributed by atoms with Crippen LogP contribution in [0, 0.1) is 20.8 Å². The molecule has 3 aromatic carbocycles. The average molecular weight is 440 g/mol. The molecular formula is C27H23N2S2+. The number of rotatable bonds is 2. The fourth-order valence-corrected chi connectivity index (χ4v) is 7.62. The third-order valence-corrected chi connectivity index (χ3v) is 8.86. The number of nitrogens with zero attached hydrogens (tertiary/aromatic N) is 2. The van der Waals surface area contributed by atoms with Crippen LogP contribution < -0.4 is 4.57 Å². The Bertz CT molecular complexity index is 1610. The van der Waals surface area contributed by atoms with Crippen molar-refractivity contribution in [3.63, 3.8) is 0 Å². The number of thiophene rings is 2. The quantitative estimate of drug-likeness (QED) is 0.247. The van der Waals surface area contributed by atoms with Crippen LogP contribution in [-0.4, -0.2) is 4.57 Å². The number of hydrogen-bond acceptors (Lipinski definition) is 2. The number of aryl methyl sites for hydroxylation is 4. The molecular weight excluding hydrogens is 416 g/mol. The van der Waals surface area contributed by atoms with E-state index in [1.807, 2.05) is 22.7 Å². The zero-order valence-electron chi connectivity index (χ0n) is 18.1. The van der Waals surface area contributed by atoms with Gasteiger partial charge in [0.1, 0.15) is 18.1 Å². The third-order valence-electron chi connectivity index (χ3n) is 6.27. The van der Waals surface area contributed by atoms with Gasteiger partial charge in [0.2, 0.25) is 0 Å². The van der Waals surface area contributed by atoms with E-state index in [1.54, 1.807) is 0 Å². The maximum absolute atomic E-state index is 2.37. The van der Waals surface area contributed by atoms with Gasteiger partial charge in [-0.3, -0.25) is 0 Å². The molecule has 2 nitrogen and oxygen atoms in total. The largest absolute Gasteiger partial charge is 0.295 e. The van der Waals surface area contributed by atoms with E-state index in [0.717, 1.165) is 0 Å². The molecule has 152 valence electrons. The minimum absolute atomic E-state index is 1.23. The Balaban J connectivity index is 1.72. The van der Waals surface area contributed by atoms with Gasteiger partial charge in [-0.2, -0.15) is 4.57 Å². The van der Waals surface area contributed by atoms with Gasteiger partial charge in [-0.1, -0.05) is 48.5 Å². The zero-order chi connectivity index (χ0) is 21.3. The fourth-order valence-electron chi connectivity index (χ4n) is 4.79. The Morgan fingerprint density at radius 2 is 1.45 bits per heavy atom. The van der Waals surface area contributed by atoms with Gasteiger partial charge in [0, 0.05) is 15.5 Å². The summed E-state index contributed by atoms with van der Waals surface area (Å²) in [5, 5.41) is 2.75. The molecule has 0 atom stereocenters. The highest BCUT2D eigenvalue weighted by molar-refractivity contribution is 7.36. The lowest BCUT2D eigenvalue weighted by Crippen LogP contribution is -2.29. The van der Waals surface area contributed by atoms with Crippen molar-refractivity contribution in [3.05, 3.63) is 83.7 Å². The van der Waals surface area contributed by atoms with E-state index in [0.29, 0.717) is 0 Å². The Hall–Kier alpha value is -2.95. The molecule has 31 heavy (non-hydrogen) atoms. The first-order valence-electron chi connectivity index (χ1n) is 10.5. The molecule has 0 aliphatic carbocycles. The van der Waals surface area contributed by atoms with Gasteiger partial charge < -0.3 is 0 Å². The van der Waals surface area contributed by atoms with Crippen LogP contribution in [0.4, 0.5) is 0 Å². The molecule has 0 amide bonds. The summed E-state index contributed by atoms with van der Waals surface area (Å²) < 4.78 is 10.2. The number of benzene rings is 3. The van der Waals surface area contributed by atoms with Gasteiger partial charge >= 0.3 is 0 Å². The predicted molar refractivity (Wildman–Crippen MR) is 135 cm³/mol. The third kappa shape index (κ3) is 2.65. The number of fused-ring (bicyclic) bond motifs is 5.